The van der Waals surface area contributed by atoms with Gasteiger partial charge in [0.15, 0.2) is 5.01 Å². The van der Waals surface area contributed by atoms with Crippen molar-refractivity contribution in [2.45, 2.75) is 13.5 Å². The van der Waals surface area contributed by atoms with Crippen molar-refractivity contribution in [2.24, 2.45) is 5.84 Å². The van der Waals surface area contributed by atoms with Crippen molar-refractivity contribution in [1.82, 2.24) is 20.6 Å². The van der Waals surface area contributed by atoms with Crippen LogP contribution in [0.3, 0.4) is 0 Å². The number of carbonyl (C=O) groups excluding carboxylic acids is 2. The lowest BCUT2D eigenvalue weighted by Gasteiger charge is -2.17. The fraction of sp³-hybridized carbons (Fsp3) is 0.500. The highest BCUT2D eigenvalue weighted by Crippen LogP contribution is 2.11. The van der Waals surface area contributed by atoms with Gasteiger partial charge in [-0.25, -0.2) is 10.8 Å². The number of thiazole rings is 1. The van der Waals surface area contributed by atoms with Crippen LogP contribution in [0.5, 0.6) is 0 Å². The van der Waals surface area contributed by atoms with Crippen LogP contribution in [0.15, 0.2) is 5.38 Å². The van der Waals surface area contributed by atoms with E-state index in [-0.39, 0.29) is 5.91 Å². The fourth-order valence-corrected chi connectivity index (χ4v) is 2.05. The summed E-state index contributed by atoms with van der Waals surface area (Å²) in [6.45, 7) is 3.52. The summed E-state index contributed by atoms with van der Waals surface area (Å²) in [5.41, 5.74) is 2.79. The lowest BCUT2D eigenvalue weighted by atomic mass is 10.4. The number of amides is 2. The first-order chi connectivity index (χ1) is 8.60. The molecule has 0 aliphatic heterocycles. The Balaban J connectivity index is 2.62. The number of likely N-dealkylation sites (N-methyl/N-ethyl adjacent to an activating group) is 2. The van der Waals surface area contributed by atoms with Crippen molar-refractivity contribution >= 4 is 23.2 Å². The number of nitrogen functional groups attached to an aromatic ring is 1. The highest BCUT2D eigenvalue weighted by atomic mass is 32.1. The molecule has 1 aromatic heterocycles. The van der Waals surface area contributed by atoms with E-state index >= 15 is 0 Å². The van der Waals surface area contributed by atoms with Gasteiger partial charge < -0.3 is 5.32 Å². The Morgan fingerprint density at radius 3 is 2.83 bits per heavy atom. The normalized spacial score (nSPS) is 10.4. The number of hydrazine groups is 1. The zero-order valence-electron chi connectivity index (χ0n) is 10.4. The molecule has 2 amide bonds. The Morgan fingerprint density at radius 2 is 2.28 bits per heavy atom. The van der Waals surface area contributed by atoms with E-state index in [1.54, 1.807) is 12.4 Å². The standard InChI is InChI=1S/C10H17N5O2S/c1-3-15(5-8(16)12-2)4-7-6-18-10(13-7)9(17)14-11/h6H,3-5,11H2,1-2H3,(H,12,16)(H,14,17). The summed E-state index contributed by atoms with van der Waals surface area (Å²) in [5, 5.41) is 4.68. The molecule has 0 aliphatic carbocycles. The Hall–Kier alpha value is -1.51. The average molecular weight is 271 g/mol. The second kappa shape index (κ2) is 7.04. The number of nitrogens with two attached hydrogens (primary N) is 1. The molecule has 0 fully saturated rings. The Labute approximate surface area is 109 Å². The molecule has 0 saturated heterocycles. The van der Waals surface area contributed by atoms with Crippen molar-refractivity contribution in [3.05, 3.63) is 16.1 Å². The smallest absolute Gasteiger partial charge is 0.294 e. The largest absolute Gasteiger partial charge is 0.358 e. The quantitative estimate of drug-likeness (QED) is 0.361. The summed E-state index contributed by atoms with van der Waals surface area (Å²) in [7, 11) is 1.60. The molecule has 0 bridgehead atoms. The molecule has 7 nitrogen and oxygen atoms in total. The van der Waals surface area contributed by atoms with Gasteiger partial charge in [-0.1, -0.05) is 6.92 Å². The molecule has 1 heterocycles. The van der Waals surface area contributed by atoms with E-state index in [9.17, 15) is 9.59 Å². The number of carbonyl (C=O) groups is 2. The summed E-state index contributed by atoms with van der Waals surface area (Å²) in [6.07, 6.45) is 0. The van der Waals surface area contributed by atoms with E-state index in [4.69, 9.17) is 5.84 Å². The summed E-state index contributed by atoms with van der Waals surface area (Å²) < 4.78 is 0. The van der Waals surface area contributed by atoms with Gasteiger partial charge in [0, 0.05) is 19.0 Å². The minimum atomic E-state index is -0.402. The van der Waals surface area contributed by atoms with Crippen LogP contribution in [0.4, 0.5) is 0 Å². The van der Waals surface area contributed by atoms with Crippen LogP contribution < -0.4 is 16.6 Å². The molecule has 0 aromatic carbocycles. The molecule has 0 aliphatic rings. The molecule has 18 heavy (non-hydrogen) atoms. The van der Waals surface area contributed by atoms with Crippen LogP contribution >= 0.6 is 11.3 Å². The maximum atomic E-state index is 11.3. The molecule has 1 aromatic rings. The zero-order chi connectivity index (χ0) is 13.5. The average Bonchev–Trinajstić information content (AvgIpc) is 2.85. The molecule has 0 atom stereocenters. The summed E-state index contributed by atoms with van der Waals surface area (Å²) in [6, 6.07) is 0. The fourth-order valence-electron chi connectivity index (χ4n) is 1.34. The third-order valence-corrected chi connectivity index (χ3v) is 3.25. The van der Waals surface area contributed by atoms with Gasteiger partial charge in [-0.2, -0.15) is 0 Å². The second-order valence-electron chi connectivity index (χ2n) is 3.59. The van der Waals surface area contributed by atoms with Crippen LogP contribution in [-0.2, 0) is 11.3 Å². The van der Waals surface area contributed by atoms with Crippen molar-refractivity contribution in [1.29, 1.82) is 0 Å². The second-order valence-corrected chi connectivity index (χ2v) is 4.45. The molecule has 0 spiro atoms. The summed E-state index contributed by atoms with van der Waals surface area (Å²) >= 11 is 1.23. The van der Waals surface area contributed by atoms with Crippen molar-refractivity contribution < 1.29 is 9.59 Å². The molecule has 8 heteroatoms. The monoisotopic (exact) mass is 271 g/mol. The van der Waals surface area contributed by atoms with Crippen LogP contribution in [0.25, 0.3) is 0 Å². The van der Waals surface area contributed by atoms with Gasteiger partial charge in [0.2, 0.25) is 5.91 Å². The first kappa shape index (κ1) is 14.6. The molecule has 0 saturated carbocycles. The van der Waals surface area contributed by atoms with Crippen molar-refractivity contribution in [2.75, 3.05) is 20.1 Å². The first-order valence-electron chi connectivity index (χ1n) is 5.49. The lowest BCUT2D eigenvalue weighted by Crippen LogP contribution is -2.35. The lowest BCUT2D eigenvalue weighted by molar-refractivity contribution is -0.121. The van der Waals surface area contributed by atoms with Gasteiger partial charge >= 0.3 is 0 Å². The number of nitrogens with zero attached hydrogens (tertiary/aromatic N) is 2. The highest BCUT2D eigenvalue weighted by molar-refractivity contribution is 7.11. The number of nitrogens with one attached hydrogen (secondary N) is 2. The third-order valence-electron chi connectivity index (χ3n) is 2.36. The van der Waals surface area contributed by atoms with Crippen LogP contribution in [0.1, 0.15) is 22.4 Å². The molecule has 1 rings (SSSR count). The van der Waals surface area contributed by atoms with E-state index in [1.165, 1.54) is 11.3 Å². The Morgan fingerprint density at radius 1 is 1.56 bits per heavy atom. The topological polar surface area (TPSA) is 100 Å². The SMILES string of the molecule is CCN(CC(=O)NC)Cc1csc(C(=O)NN)n1. The molecule has 100 valence electrons. The molecular formula is C10H17N5O2S. The van der Waals surface area contributed by atoms with Crippen LogP contribution in [0.2, 0.25) is 0 Å². The molecule has 0 radical (unpaired) electrons. The summed E-state index contributed by atoms with van der Waals surface area (Å²) in [4.78, 5) is 28.6. The predicted octanol–water partition coefficient (Wildman–Crippen LogP) is -0.685. The number of hydrogen-bond donors (Lipinski definition) is 3. The first-order valence-corrected chi connectivity index (χ1v) is 6.37. The van der Waals surface area contributed by atoms with Gasteiger partial charge in [-0.15, -0.1) is 11.3 Å². The van der Waals surface area contributed by atoms with Crippen LogP contribution in [0, 0.1) is 0 Å². The van der Waals surface area contributed by atoms with Crippen molar-refractivity contribution in [3.63, 3.8) is 0 Å². The van der Waals surface area contributed by atoms with E-state index in [1.807, 2.05) is 17.2 Å². The van der Waals surface area contributed by atoms with E-state index < -0.39 is 5.91 Å². The van der Waals surface area contributed by atoms with Gasteiger partial charge in [0.1, 0.15) is 0 Å². The van der Waals surface area contributed by atoms with E-state index in [0.29, 0.717) is 18.1 Å². The maximum absolute atomic E-state index is 11.3. The van der Waals surface area contributed by atoms with E-state index in [2.05, 4.69) is 10.3 Å². The minimum absolute atomic E-state index is 0.0491. The highest BCUT2D eigenvalue weighted by Gasteiger charge is 2.13. The van der Waals surface area contributed by atoms with Gasteiger partial charge in [-0.05, 0) is 6.54 Å². The predicted molar refractivity (Wildman–Crippen MR) is 68.8 cm³/mol. The van der Waals surface area contributed by atoms with E-state index in [0.717, 1.165) is 12.2 Å². The third kappa shape index (κ3) is 4.06. The Kier molecular flexibility index (Phi) is 5.69. The number of aromatic nitrogens is 1. The molecular weight excluding hydrogens is 254 g/mol. The van der Waals surface area contributed by atoms with Crippen molar-refractivity contribution in [3.8, 4) is 0 Å². The molecule has 4 N–H and O–H groups in total. The van der Waals surface area contributed by atoms with Gasteiger partial charge in [-0.3, -0.25) is 19.9 Å². The minimum Gasteiger partial charge on any atom is -0.358 e. The summed E-state index contributed by atoms with van der Waals surface area (Å²) in [5.74, 6) is 4.58. The van der Waals surface area contributed by atoms with Gasteiger partial charge in [0.05, 0.1) is 12.2 Å². The van der Waals surface area contributed by atoms with Crippen LogP contribution in [-0.4, -0.2) is 41.8 Å². The zero-order valence-corrected chi connectivity index (χ0v) is 11.2. The number of hydrogen-bond acceptors (Lipinski definition) is 6. The number of rotatable bonds is 6. The maximum Gasteiger partial charge on any atom is 0.294 e. The Bertz CT molecular complexity index is 420. The molecule has 0 unspecified atom stereocenters. The van der Waals surface area contributed by atoms with Gasteiger partial charge in [0.25, 0.3) is 5.91 Å².